The van der Waals surface area contributed by atoms with Crippen molar-refractivity contribution >= 4 is 66.4 Å². The monoisotopic (exact) mass is 856 g/mol. The van der Waals surface area contributed by atoms with Gasteiger partial charge in [0.15, 0.2) is 0 Å². The fourth-order valence-corrected chi connectivity index (χ4v) is 10.1. The summed E-state index contributed by atoms with van der Waals surface area (Å²) in [6.07, 6.45) is 11.4. The van der Waals surface area contributed by atoms with E-state index >= 15 is 0 Å². The minimum Gasteiger partial charge on any atom is -0.311 e. The average molecular weight is 857 g/mol. The molecule has 0 N–H and O–H groups in total. The Morgan fingerprint density at radius 2 is 0.909 bits per heavy atom. The molecule has 0 amide bonds. The molecule has 2 heteroatoms. The molecule has 0 bridgehead atoms. The second-order valence-corrected chi connectivity index (χ2v) is 17.8. The van der Waals surface area contributed by atoms with Gasteiger partial charge in [0, 0.05) is 33.8 Å². The Morgan fingerprint density at radius 1 is 0.364 bits per heavy atom. The summed E-state index contributed by atoms with van der Waals surface area (Å²) in [6.45, 7) is 6.28. The number of nitrogens with zero attached hydrogens (tertiary/aromatic N) is 2. The number of unbranched alkanes of at least 4 members (excludes halogenated alkanes) is 5. The van der Waals surface area contributed by atoms with Crippen molar-refractivity contribution in [1.29, 1.82) is 0 Å². The lowest BCUT2D eigenvalue weighted by atomic mass is 9.86. The van der Waals surface area contributed by atoms with Gasteiger partial charge in [0.05, 0.1) is 5.69 Å². The molecule has 2 nitrogen and oxygen atoms in total. The van der Waals surface area contributed by atoms with Crippen LogP contribution in [0.2, 0.25) is 0 Å². The molecule has 0 radical (unpaired) electrons. The Hall–Kier alpha value is -7.16. The zero-order valence-electron chi connectivity index (χ0n) is 38.8. The van der Waals surface area contributed by atoms with Gasteiger partial charge in [-0.3, -0.25) is 0 Å². The predicted molar refractivity (Wildman–Crippen MR) is 286 cm³/mol. The third-order valence-corrected chi connectivity index (χ3v) is 13.6. The van der Waals surface area contributed by atoms with Crippen molar-refractivity contribution in [3.63, 3.8) is 0 Å². The quantitative estimate of drug-likeness (QED) is 0.0749. The van der Waals surface area contributed by atoms with Gasteiger partial charge in [0.2, 0.25) is 0 Å². The van der Waals surface area contributed by atoms with Crippen LogP contribution in [-0.4, -0.2) is 0 Å². The van der Waals surface area contributed by atoms with E-state index in [9.17, 15) is 0 Å². The summed E-state index contributed by atoms with van der Waals surface area (Å²) in [7, 11) is 0. The van der Waals surface area contributed by atoms with Crippen LogP contribution in [0, 0.1) is 0 Å². The zero-order chi connectivity index (χ0) is 44.8. The van der Waals surface area contributed by atoms with Crippen molar-refractivity contribution in [2.24, 2.45) is 0 Å². The van der Waals surface area contributed by atoms with Crippen molar-refractivity contribution < 1.29 is 0 Å². The summed E-state index contributed by atoms with van der Waals surface area (Å²) in [5.41, 5.74) is 16.2. The van der Waals surface area contributed by atoms with E-state index in [0.717, 1.165) is 29.2 Å². The topological polar surface area (TPSA) is 6.48 Å². The Bertz CT molecular complexity index is 3180. The van der Waals surface area contributed by atoms with Crippen LogP contribution >= 0.6 is 0 Å². The molecule has 0 heterocycles. The minimum atomic E-state index is 1.12. The van der Waals surface area contributed by atoms with Gasteiger partial charge in [-0.05, 0) is 158 Å². The number of fused-ring (bicyclic) bond motifs is 1. The first-order valence-electron chi connectivity index (χ1n) is 24.5. The first-order valence-corrected chi connectivity index (χ1v) is 24.5. The summed E-state index contributed by atoms with van der Waals surface area (Å²) >= 11 is 0. The summed E-state index contributed by atoms with van der Waals surface area (Å²) in [5.74, 6) is 0. The van der Waals surface area contributed by atoms with Crippen molar-refractivity contribution in [3.05, 3.63) is 217 Å². The van der Waals surface area contributed by atoms with Crippen molar-refractivity contribution in [2.45, 2.75) is 78.6 Å². The van der Waals surface area contributed by atoms with Gasteiger partial charge < -0.3 is 9.80 Å². The Kier molecular flexibility index (Phi) is 12.7. The Balaban J connectivity index is 0.00000252. The van der Waals surface area contributed by atoms with Crippen LogP contribution < -0.4 is 9.80 Å². The van der Waals surface area contributed by atoms with Gasteiger partial charge in [0.25, 0.3) is 0 Å². The van der Waals surface area contributed by atoms with Gasteiger partial charge in [-0.2, -0.15) is 0 Å². The molecule has 0 aromatic heterocycles. The molecule has 326 valence electrons. The Morgan fingerprint density at radius 3 is 1.59 bits per heavy atom. The maximum Gasteiger partial charge on any atom is 0.0546 e. The highest BCUT2D eigenvalue weighted by Crippen LogP contribution is 2.46. The molecule has 10 aromatic rings. The van der Waals surface area contributed by atoms with Crippen LogP contribution in [0.25, 0.3) is 54.6 Å². The number of rotatable bonds is 15. The van der Waals surface area contributed by atoms with Crippen LogP contribution in [-0.2, 0) is 19.3 Å². The number of hydrogen-bond donors (Lipinski definition) is 0. The van der Waals surface area contributed by atoms with Gasteiger partial charge >= 0.3 is 0 Å². The molecule has 0 saturated heterocycles. The van der Waals surface area contributed by atoms with Gasteiger partial charge in [-0.15, -0.1) is 0 Å². The molecule has 0 atom stereocenters. The summed E-state index contributed by atoms with van der Waals surface area (Å²) in [5, 5.41) is 7.71. The van der Waals surface area contributed by atoms with Gasteiger partial charge in [0.1, 0.15) is 0 Å². The minimum absolute atomic E-state index is 1.12. The lowest BCUT2D eigenvalue weighted by Crippen LogP contribution is -2.11. The number of anilines is 6. The third kappa shape index (κ3) is 8.57. The third-order valence-electron chi connectivity index (χ3n) is 13.6. The highest BCUT2D eigenvalue weighted by atomic mass is 15.1. The average Bonchev–Trinajstić information content (AvgIpc) is 3.37. The molecule has 11 rings (SSSR count). The van der Waals surface area contributed by atoms with E-state index < -0.39 is 0 Å². The van der Waals surface area contributed by atoms with E-state index in [2.05, 4.69) is 217 Å². The van der Waals surface area contributed by atoms with Crippen LogP contribution in [0.1, 0.15) is 76.0 Å². The van der Waals surface area contributed by atoms with Crippen LogP contribution in [0.5, 0.6) is 0 Å². The molecule has 0 spiro atoms. The molecule has 0 fully saturated rings. The molecule has 0 unspecified atom stereocenters. The molecule has 10 aromatic carbocycles. The molecule has 0 saturated carbocycles. The lowest BCUT2D eigenvalue weighted by Gasteiger charge is -2.29. The van der Waals surface area contributed by atoms with Crippen molar-refractivity contribution in [3.8, 4) is 22.3 Å². The molecular formula is C64H60N2. The lowest BCUT2D eigenvalue weighted by molar-refractivity contribution is 0.607. The number of hydrogen-bond acceptors (Lipinski definition) is 2. The highest BCUT2D eigenvalue weighted by Gasteiger charge is 2.21. The molecule has 0 aliphatic heterocycles. The number of aryl methyl sites for hydroxylation is 3. The molecule has 66 heavy (non-hydrogen) atoms. The first kappa shape index (κ1) is 42.8. The van der Waals surface area contributed by atoms with Crippen molar-refractivity contribution in [2.75, 3.05) is 9.80 Å². The second kappa shape index (κ2) is 19.5. The zero-order valence-corrected chi connectivity index (χ0v) is 38.8. The van der Waals surface area contributed by atoms with E-state index in [1.54, 1.807) is 0 Å². The van der Waals surface area contributed by atoms with Crippen molar-refractivity contribution in [1.82, 2.24) is 0 Å². The predicted octanol–water partition coefficient (Wildman–Crippen LogP) is 18.9. The normalized spacial score (nSPS) is 11.9. The molecular weight excluding hydrogens is 797 g/mol. The first-order chi connectivity index (χ1) is 32.7. The van der Waals surface area contributed by atoms with E-state index in [-0.39, 0.29) is 0 Å². The highest BCUT2D eigenvalue weighted by molar-refractivity contribution is 6.26. The van der Waals surface area contributed by atoms with Crippen LogP contribution in [0.3, 0.4) is 0 Å². The van der Waals surface area contributed by atoms with E-state index in [4.69, 9.17) is 0 Å². The fourth-order valence-electron chi connectivity index (χ4n) is 10.1. The summed E-state index contributed by atoms with van der Waals surface area (Å²) in [6, 6.07) is 74.7. The standard InChI is InChI=1S/C62H54N2.C2H6/c1-2-3-4-5-6-8-14-44-23-35-55(36-24-44)63(54-19-9-7-10-20-54)56-37-31-45(32-38-56)46-33-39-57(40-34-46)64(58-21-12-17-50(42-58)52-30-26-47-25-29-51(47)41-52)60-43-53-18-11-15-48-27-28-49-16-13-22-59(60)62(49)61(48)53;1-2/h7,9-13,15-24,26-28,30-43H,2-6,8,14,25,29H2,1H3;1-2H3. The SMILES string of the molecule is CC.CCCCCCCCc1ccc(N(c2ccccc2)c2ccc(-c3ccc(N(c4cccc(-c5ccc6c(c5)CC6)c4)c4cc5cccc6ccc7cccc4c7c65)cc3)cc2)cc1. The smallest absolute Gasteiger partial charge is 0.0546 e. The fraction of sp³-hybridized carbons (Fsp3) is 0.188. The van der Waals surface area contributed by atoms with E-state index in [0.29, 0.717) is 0 Å². The summed E-state index contributed by atoms with van der Waals surface area (Å²) < 4.78 is 0. The van der Waals surface area contributed by atoms with Crippen LogP contribution in [0.15, 0.2) is 200 Å². The maximum atomic E-state index is 2.47. The largest absolute Gasteiger partial charge is 0.311 e. The van der Waals surface area contributed by atoms with Crippen LogP contribution in [0.4, 0.5) is 34.1 Å². The molecule has 1 aliphatic carbocycles. The van der Waals surface area contributed by atoms with Gasteiger partial charge in [-0.25, -0.2) is 0 Å². The maximum absolute atomic E-state index is 2.47. The van der Waals surface area contributed by atoms with Gasteiger partial charge in [-0.1, -0.05) is 186 Å². The second-order valence-electron chi connectivity index (χ2n) is 17.8. The Labute approximate surface area is 392 Å². The number of benzene rings is 10. The molecule has 1 aliphatic rings. The van der Waals surface area contributed by atoms with E-state index in [1.807, 2.05) is 13.8 Å². The summed E-state index contributed by atoms with van der Waals surface area (Å²) in [4.78, 5) is 4.84. The van der Waals surface area contributed by atoms with E-state index in [1.165, 1.54) is 134 Å². The number of para-hydroxylation sites is 1.